The van der Waals surface area contributed by atoms with E-state index in [2.05, 4.69) is 10.1 Å². The highest BCUT2D eigenvalue weighted by atomic mass is 16.5. The fourth-order valence-corrected chi connectivity index (χ4v) is 1.94. The summed E-state index contributed by atoms with van der Waals surface area (Å²) in [7, 11) is 0. The van der Waals surface area contributed by atoms with E-state index in [1.165, 1.54) is 0 Å². The Morgan fingerprint density at radius 1 is 1.13 bits per heavy atom. The third-order valence-corrected chi connectivity index (χ3v) is 3.09. The Morgan fingerprint density at radius 2 is 1.83 bits per heavy atom. The molecule has 6 heteroatoms. The predicted octanol–water partition coefficient (Wildman–Crippen LogP) is 2.23. The van der Waals surface area contributed by atoms with Gasteiger partial charge < -0.3 is 15.0 Å². The maximum Gasteiger partial charge on any atom is 0.330 e. The zero-order valence-electron chi connectivity index (χ0n) is 13.7. The van der Waals surface area contributed by atoms with Crippen molar-refractivity contribution < 1.29 is 19.1 Å². The lowest BCUT2D eigenvalue weighted by Gasteiger charge is -2.18. The number of nitrogens with one attached hydrogen (secondary N) is 1. The van der Waals surface area contributed by atoms with Crippen LogP contribution in [0.25, 0.3) is 0 Å². The molecule has 23 heavy (non-hydrogen) atoms. The summed E-state index contributed by atoms with van der Waals surface area (Å²) in [5.41, 5.74) is 0.988. The molecule has 0 bridgehead atoms. The second kappa shape index (κ2) is 9.40. The minimum absolute atomic E-state index is 0.0897. The summed E-state index contributed by atoms with van der Waals surface area (Å²) < 4.78 is 4.69. The first kappa shape index (κ1) is 18.4. The van der Waals surface area contributed by atoms with E-state index >= 15 is 0 Å². The van der Waals surface area contributed by atoms with Gasteiger partial charge in [-0.05, 0) is 39.0 Å². The van der Waals surface area contributed by atoms with Gasteiger partial charge >= 0.3 is 5.97 Å². The molecule has 0 unspecified atom stereocenters. The fraction of sp³-hybridized carbons (Fsp3) is 0.353. The Hall–Kier alpha value is -2.63. The van der Waals surface area contributed by atoms with Gasteiger partial charge in [-0.3, -0.25) is 9.59 Å². The summed E-state index contributed by atoms with van der Waals surface area (Å²) in [6.45, 7) is 6.99. The molecular weight excluding hydrogens is 296 g/mol. The molecule has 0 saturated heterocycles. The first-order valence-corrected chi connectivity index (χ1v) is 7.56. The van der Waals surface area contributed by atoms with Gasteiger partial charge in [-0.1, -0.05) is 6.07 Å². The Balaban J connectivity index is 2.75. The van der Waals surface area contributed by atoms with Gasteiger partial charge in [0.2, 0.25) is 5.91 Å². The number of ether oxygens (including phenoxy) is 1. The number of hydrogen-bond donors (Lipinski definition) is 1. The van der Waals surface area contributed by atoms with E-state index in [0.29, 0.717) is 24.3 Å². The van der Waals surface area contributed by atoms with Crippen molar-refractivity contribution in [1.29, 1.82) is 0 Å². The van der Waals surface area contributed by atoms with Crippen molar-refractivity contribution in [2.75, 3.05) is 25.0 Å². The molecule has 0 spiro atoms. The number of rotatable bonds is 7. The molecular formula is C17H22N2O4. The van der Waals surface area contributed by atoms with Crippen LogP contribution in [0, 0.1) is 0 Å². The number of esters is 1. The smallest absolute Gasteiger partial charge is 0.330 e. The minimum Gasteiger partial charge on any atom is -0.463 e. The van der Waals surface area contributed by atoms with Crippen molar-refractivity contribution in [3.8, 4) is 0 Å². The summed E-state index contributed by atoms with van der Waals surface area (Å²) in [6.07, 6.45) is 2.15. The van der Waals surface area contributed by atoms with Crippen LogP contribution in [-0.2, 0) is 14.3 Å². The third-order valence-electron chi connectivity index (χ3n) is 3.09. The summed E-state index contributed by atoms with van der Waals surface area (Å²) in [6, 6.07) is 6.68. The van der Waals surface area contributed by atoms with E-state index in [1.807, 2.05) is 13.8 Å². The molecule has 0 aliphatic rings. The van der Waals surface area contributed by atoms with Crippen molar-refractivity contribution in [2.45, 2.75) is 20.8 Å². The lowest BCUT2D eigenvalue weighted by molar-refractivity contribution is -0.137. The average molecular weight is 318 g/mol. The van der Waals surface area contributed by atoms with Crippen LogP contribution in [0.3, 0.4) is 0 Å². The number of amides is 2. The maximum absolute atomic E-state index is 12.3. The minimum atomic E-state index is -0.576. The first-order valence-electron chi connectivity index (χ1n) is 7.56. The van der Waals surface area contributed by atoms with Crippen LogP contribution in [0.4, 0.5) is 5.69 Å². The SMILES string of the molecule is CCOC(=O)/C=C/C(=O)Nc1cccc(C(=O)N(CC)CC)c1. The van der Waals surface area contributed by atoms with Gasteiger partial charge in [-0.25, -0.2) is 4.79 Å². The molecule has 6 nitrogen and oxygen atoms in total. The molecule has 1 aromatic rings. The van der Waals surface area contributed by atoms with Crippen molar-refractivity contribution in [2.24, 2.45) is 0 Å². The Labute approximate surface area is 136 Å². The van der Waals surface area contributed by atoms with Gasteiger partial charge in [0.25, 0.3) is 5.91 Å². The molecule has 0 atom stereocenters. The summed E-state index contributed by atoms with van der Waals surface area (Å²) in [4.78, 5) is 36.9. The number of nitrogens with zero attached hydrogens (tertiary/aromatic N) is 1. The van der Waals surface area contributed by atoms with Crippen LogP contribution in [-0.4, -0.2) is 42.4 Å². The van der Waals surface area contributed by atoms with Crippen LogP contribution in [0.2, 0.25) is 0 Å². The zero-order valence-corrected chi connectivity index (χ0v) is 13.7. The zero-order chi connectivity index (χ0) is 17.2. The van der Waals surface area contributed by atoms with E-state index in [-0.39, 0.29) is 12.5 Å². The van der Waals surface area contributed by atoms with E-state index in [9.17, 15) is 14.4 Å². The van der Waals surface area contributed by atoms with Crippen LogP contribution >= 0.6 is 0 Å². The molecule has 124 valence electrons. The number of carbonyl (C=O) groups excluding carboxylic acids is 3. The largest absolute Gasteiger partial charge is 0.463 e. The molecule has 2 amide bonds. The van der Waals surface area contributed by atoms with Crippen LogP contribution < -0.4 is 5.32 Å². The monoisotopic (exact) mass is 318 g/mol. The van der Waals surface area contributed by atoms with Gasteiger partial charge in [0.1, 0.15) is 0 Å². The summed E-state index contributed by atoms with van der Waals surface area (Å²) >= 11 is 0. The molecule has 0 fully saturated rings. The fourth-order valence-electron chi connectivity index (χ4n) is 1.94. The highest BCUT2D eigenvalue weighted by Crippen LogP contribution is 2.13. The molecule has 0 heterocycles. The van der Waals surface area contributed by atoms with Crippen molar-refractivity contribution in [3.63, 3.8) is 0 Å². The average Bonchev–Trinajstić information content (AvgIpc) is 2.54. The molecule has 0 radical (unpaired) electrons. The normalized spacial score (nSPS) is 10.4. The van der Waals surface area contributed by atoms with E-state index in [0.717, 1.165) is 12.2 Å². The Kier molecular flexibility index (Phi) is 7.53. The molecule has 0 aromatic heterocycles. The van der Waals surface area contributed by atoms with Crippen molar-refractivity contribution in [3.05, 3.63) is 42.0 Å². The van der Waals surface area contributed by atoms with Gasteiger partial charge in [-0.2, -0.15) is 0 Å². The van der Waals surface area contributed by atoms with E-state index < -0.39 is 11.9 Å². The topological polar surface area (TPSA) is 75.7 Å². The predicted molar refractivity (Wildman–Crippen MR) is 88.1 cm³/mol. The molecule has 1 N–H and O–H groups in total. The number of hydrogen-bond acceptors (Lipinski definition) is 4. The van der Waals surface area contributed by atoms with Gasteiger partial charge in [0.15, 0.2) is 0 Å². The highest BCUT2D eigenvalue weighted by Gasteiger charge is 2.12. The van der Waals surface area contributed by atoms with Gasteiger partial charge in [0, 0.05) is 36.5 Å². The molecule has 1 rings (SSSR count). The third kappa shape index (κ3) is 5.94. The maximum atomic E-state index is 12.3. The van der Waals surface area contributed by atoms with Crippen LogP contribution in [0.5, 0.6) is 0 Å². The summed E-state index contributed by atoms with van der Waals surface area (Å²) in [5.74, 6) is -1.13. The van der Waals surface area contributed by atoms with Gasteiger partial charge in [-0.15, -0.1) is 0 Å². The lowest BCUT2D eigenvalue weighted by Crippen LogP contribution is -2.30. The Morgan fingerprint density at radius 3 is 2.43 bits per heavy atom. The number of carbonyl (C=O) groups is 3. The van der Waals surface area contributed by atoms with E-state index in [1.54, 1.807) is 36.1 Å². The molecule has 0 saturated carbocycles. The van der Waals surface area contributed by atoms with E-state index in [4.69, 9.17) is 0 Å². The quantitative estimate of drug-likeness (QED) is 0.618. The standard InChI is InChI=1S/C17H22N2O4/c1-4-19(5-2)17(22)13-8-7-9-14(12-13)18-15(20)10-11-16(21)23-6-3/h7-12H,4-6H2,1-3H3,(H,18,20)/b11-10+. The molecule has 1 aromatic carbocycles. The molecule has 0 aliphatic heterocycles. The van der Waals surface area contributed by atoms with Crippen LogP contribution in [0.1, 0.15) is 31.1 Å². The first-order chi connectivity index (χ1) is 11.0. The van der Waals surface area contributed by atoms with Crippen molar-refractivity contribution in [1.82, 2.24) is 4.90 Å². The van der Waals surface area contributed by atoms with Crippen LogP contribution in [0.15, 0.2) is 36.4 Å². The second-order valence-electron chi connectivity index (χ2n) is 4.63. The number of anilines is 1. The summed E-state index contributed by atoms with van der Waals surface area (Å²) in [5, 5.41) is 2.61. The number of benzene rings is 1. The lowest BCUT2D eigenvalue weighted by atomic mass is 10.1. The van der Waals surface area contributed by atoms with Crippen molar-refractivity contribution >= 4 is 23.5 Å². The second-order valence-corrected chi connectivity index (χ2v) is 4.63. The Bertz CT molecular complexity index is 592. The van der Waals surface area contributed by atoms with Gasteiger partial charge in [0.05, 0.1) is 6.61 Å². The molecule has 0 aliphatic carbocycles. The highest BCUT2D eigenvalue weighted by molar-refractivity contribution is 6.03.